The van der Waals surface area contributed by atoms with E-state index in [9.17, 15) is 9.90 Å². The van der Waals surface area contributed by atoms with E-state index in [-0.39, 0.29) is 17.8 Å². The molecular formula is C19H22O5. The monoisotopic (exact) mass is 330 g/mol. The fourth-order valence-corrected chi connectivity index (χ4v) is 2.32. The molecule has 5 nitrogen and oxygen atoms in total. The number of rotatable bonds is 6. The summed E-state index contributed by atoms with van der Waals surface area (Å²) in [6.07, 6.45) is -0.752. The third-order valence-electron chi connectivity index (χ3n) is 3.87. The summed E-state index contributed by atoms with van der Waals surface area (Å²) in [5, 5.41) is 9.42. The smallest absolute Gasteiger partial charge is 0.508 e. The lowest BCUT2D eigenvalue weighted by Gasteiger charge is -2.26. The number of carbonyl (C=O) groups excluding carboxylic acids is 1. The zero-order valence-electron chi connectivity index (χ0n) is 14.1. The molecule has 0 saturated heterocycles. The van der Waals surface area contributed by atoms with E-state index in [1.807, 2.05) is 24.3 Å². The fraction of sp³-hybridized carbons (Fsp3) is 0.316. The first kappa shape index (κ1) is 17.8. The molecule has 0 bridgehead atoms. The Morgan fingerprint density at radius 3 is 2.04 bits per heavy atom. The zero-order valence-corrected chi connectivity index (χ0v) is 14.1. The first-order chi connectivity index (χ1) is 11.4. The van der Waals surface area contributed by atoms with Crippen LogP contribution in [0.25, 0.3) is 0 Å². The van der Waals surface area contributed by atoms with Gasteiger partial charge >= 0.3 is 6.16 Å². The van der Waals surface area contributed by atoms with E-state index in [1.165, 1.54) is 7.11 Å². The molecule has 0 aliphatic rings. The van der Waals surface area contributed by atoms with Gasteiger partial charge in [-0.05, 0) is 35.4 Å². The Kier molecular flexibility index (Phi) is 5.82. The van der Waals surface area contributed by atoms with Gasteiger partial charge in [0.15, 0.2) is 0 Å². The van der Waals surface area contributed by atoms with Gasteiger partial charge in [-0.25, -0.2) is 4.79 Å². The minimum atomic E-state index is -0.752. The molecule has 128 valence electrons. The summed E-state index contributed by atoms with van der Waals surface area (Å²) in [5.41, 5.74) is 1.90. The average molecular weight is 330 g/mol. The quantitative estimate of drug-likeness (QED) is 0.495. The van der Waals surface area contributed by atoms with Gasteiger partial charge in [-0.3, -0.25) is 0 Å². The van der Waals surface area contributed by atoms with Crippen LogP contribution in [0.2, 0.25) is 0 Å². The highest BCUT2D eigenvalue weighted by atomic mass is 16.7. The summed E-state index contributed by atoms with van der Waals surface area (Å²) in [6.45, 7) is 4.67. The molecule has 0 aliphatic carbocycles. The van der Waals surface area contributed by atoms with Gasteiger partial charge in [0, 0.05) is 12.5 Å². The van der Waals surface area contributed by atoms with Gasteiger partial charge in [0.25, 0.3) is 0 Å². The van der Waals surface area contributed by atoms with Crippen molar-refractivity contribution in [3.63, 3.8) is 0 Å². The Labute approximate surface area is 141 Å². The Balaban J connectivity index is 2.05. The minimum Gasteiger partial charge on any atom is -0.508 e. The Morgan fingerprint density at radius 1 is 0.958 bits per heavy atom. The van der Waals surface area contributed by atoms with Gasteiger partial charge in [0.2, 0.25) is 0 Å². The molecule has 2 aromatic rings. The number of phenolic OH excluding ortho intramolecular Hbond substituents is 1. The number of methoxy groups -OCH3 is 1. The van der Waals surface area contributed by atoms with Crippen molar-refractivity contribution in [3.05, 3.63) is 59.7 Å². The van der Waals surface area contributed by atoms with Gasteiger partial charge < -0.3 is 19.3 Å². The number of benzene rings is 2. The van der Waals surface area contributed by atoms with Crippen LogP contribution in [-0.4, -0.2) is 31.6 Å². The second kappa shape index (κ2) is 7.84. The topological polar surface area (TPSA) is 65.0 Å². The third-order valence-corrected chi connectivity index (χ3v) is 3.87. The van der Waals surface area contributed by atoms with Gasteiger partial charge in [-0.2, -0.15) is 0 Å². The fourth-order valence-electron chi connectivity index (χ4n) is 2.32. The standard InChI is InChI=1S/C19H22O5/c1-19(2,14-4-8-16(20)9-5-14)15-6-10-17(11-7-15)24-18(21)23-13-12-22-3/h4-11,20H,12-13H2,1-3H3. The highest BCUT2D eigenvalue weighted by molar-refractivity contribution is 5.63. The molecule has 0 radical (unpaired) electrons. The van der Waals surface area contributed by atoms with Crippen LogP contribution in [0.5, 0.6) is 11.5 Å². The maximum absolute atomic E-state index is 11.5. The van der Waals surface area contributed by atoms with Crippen LogP contribution in [0.1, 0.15) is 25.0 Å². The van der Waals surface area contributed by atoms with E-state index in [1.54, 1.807) is 24.3 Å². The number of carbonyl (C=O) groups is 1. The zero-order chi connectivity index (χ0) is 17.6. The van der Waals surface area contributed by atoms with Gasteiger partial charge in [-0.1, -0.05) is 38.1 Å². The lowest BCUT2D eigenvalue weighted by molar-refractivity contribution is 0.0685. The Hall–Kier alpha value is -2.53. The molecule has 0 aliphatic heterocycles. The van der Waals surface area contributed by atoms with Crippen molar-refractivity contribution in [1.29, 1.82) is 0 Å². The molecule has 5 heteroatoms. The molecule has 0 fully saturated rings. The van der Waals surface area contributed by atoms with Crippen molar-refractivity contribution < 1.29 is 24.1 Å². The molecule has 0 heterocycles. The number of hydrogen-bond acceptors (Lipinski definition) is 5. The molecule has 0 saturated carbocycles. The summed E-state index contributed by atoms with van der Waals surface area (Å²) >= 11 is 0. The first-order valence-corrected chi connectivity index (χ1v) is 7.67. The molecule has 2 rings (SSSR count). The minimum absolute atomic E-state index is 0.154. The molecule has 0 unspecified atom stereocenters. The highest BCUT2D eigenvalue weighted by Crippen LogP contribution is 2.33. The Bertz CT molecular complexity index is 659. The second-order valence-corrected chi connectivity index (χ2v) is 5.89. The Morgan fingerprint density at radius 2 is 1.50 bits per heavy atom. The number of phenols is 1. The summed E-state index contributed by atoms with van der Waals surface area (Å²) in [4.78, 5) is 11.5. The predicted octanol–water partition coefficient (Wildman–Crippen LogP) is 3.88. The number of ether oxygens (including phenoxy) is 3. The van der Waals surface area contributed by atoms with E-state index >= 15 is 0 Å². The maximum Gasteiger partial charge on any atom is 0.513 e. The lowest BCUT2D eigenvalue weighted by Crippen LogP contribution is -2.19. The molecule has 0 aromatic heterocycles. The average Bonchev–Trinajstić information content (AvgIpc) is 2.56. The van der Waals surface area contributed by atoms with E-state index < -0.39 is 6.16 Å². The van der Waals surface area contributed by atoms with Crippen molar-refractivity contribution >= 4 is 6.16 Å². The van der Waals surface area contributed by atoms with Crippen LogP contribution in [0.4, 0.5) is 4.79 Å². The molecule has 0 atom stereocenters. The molecule has 24 heavy (non-hydrogen) atoms. The van der Waals surface area contributed by atoms with Gasteiger partial charge in [0.1, 0.15) is 18.1 Å². The molecule has 0 amide bonds. The van der Waals surface area contributed by atoms with Crippen LogP contribution in [-0.2, 0) is 14.9 Å². The third kappa shape index (κ3) is 4.49. The van der Waals surface area contributed by atoms with Crippen LogP contribution in [0.15, 0.2) is 48.5 Å². The second-order valence-electron chi connectivity index (χ2n) is 5.89. The van der Waals surface area contributed by atoms with Crippen molar-refractivity contribution in [1.82, 2.24) is 0 Å². The normalized spacial score (nSPS) is 11.1. The number of hydrogen-bond donors (Lipinski definition) is 1. The van der Waals surface area contributed by atoms with E-state index in [0.717, 1.165) is 11.1 Å². The van der Waals surface area contributed by atoms with Gasteiger partial charge in [-0.15, -0.1) is 0 Å². The van der Waals surface area contributed by atoms with Crippen molar-refractivity contribution in [2.24, 2.45) is 0 Å². The largest absolute Gasteiger partial charge is 0.513 e. The van der Waals surface area contributed by atoms with Crippen molar-refractivity contribution in [2.75, 3.05) is 20.3 Å². The van der Waals surface area contributed by atoms with Crippen LogP contribution < -0.4 is 4.74 Å². The summed E-state index contributed by atoms with van der Waals surface area (Å²) in [5.74, 6) is 0.660. The van der Waals surface area contributed by atoms with Crippen LogP contribution >= 0.6 is 0 Å². The van der Waals surface area contributed by atoms with E-state index in [2.05, 4.69) is 13.8 Å². The van der Waals surface area contributed by atoms with E-state index in [0.29, 0.717) is 12.4 Å². The predicted molar refractivity (Wildman–Crippen MR) is 90.5 cm³/mol. The molecular weight excluding hydrogens is 308 g/mol. The summed E-state index contributed by atoms with van der Waals surface area (Å²) < 4.78 is 14.8. The van der Waals surface area contributed by atoms with Crippen molar-refractivity contribution in [3.8, 4) is 11.5 Å². The van der Waals surface area contributed by atoms with E-state index in [4.69, 9.17) is 14.2 Å². The SMILES string of the molecule is COCCOC(=O)Oc1ccc(C(C)(C)c2ccc(O)cc2)cc1. The maximum atomic E-state index is 11.5. The highest BCUT2D eigenvalue weighted by Gasteiger charge is 2.23. The summed E-state index contributed by atoms with van der Waals surface area (Å²) in [6, 6.07) is 14.4. The number of aromatic hydroxyl groups is 1. The van der Waals surface area contributed by atoms with Crippen molar-refractivity contribution in [2.45, 2.75) is 19.3 Å². The summed E-state index contributed by atoms with van der Waals surface area (Å²) in [7, 11) is 1.53. The van der Waals surface area contributed by atoms with Gasteiger partial charge in [0.05, 0.1) is 6.61 Å². The molecule has 2 aromatic carbocycles. The lowest BCUT2D eigenvalue weighted by atomic mass is 9.78. The van der Waals surface area contributed by atoms with Crippen LogP contribution in [0.3, 0.4) is 0 Å². The molecule has 1 N–H and O–H groups in total. The van der Waals surface area contributed by atoms with Crippen LogP contribution in [0, 0.1) is 0 Å². The molecule has 0 spiro atoms. The first-order valence-electron chi connectivity index (χ1n) is 7.67.